The number of amides is 2. The highest BCUT2D eigenvalue weighted by Gasteiger charge is 2.34. The van der Waals surface area contributed by atoms with Crippen molar-refractivity contribution < 1.29 is 31.6 Å². The number of benzene rings is 2. The fourth-order valence-electron chi connectivity index (χ4n) is 7.57. The van der Waals surface area contributed by atoms with Crippen LogP contribution in [0.15, 0.2) is 33.5 Å². The van der Waals surface area contributed by atoms with Crippen LogP contribution in [0.5, 0.6) is 0 Å². The van der Waals surface area contributed by atoms with E-state index in [2.05, 4.69) is 27.6 Å². The number of hydrogen-bond acceptors (Lipinski definition) is 10. The average Bonchev–Trinajstić information content (AvgIpc) is 3.62. The van der Waals surface area contributed by atoms with Gasteiger partial charge in [-0.15, -0.1) is 0 Å². The van der Waals surface area contributed by atoms with Crippen LogP contribution in [-0.4, -0.2) is 114 Å². The Labute approximate surface area is 290 Å². The molecule has 0 spiro atoms. The molecular weight excluding hydrogens is 667 g/mol. The summed E-state index contributed by atoms with van der Waals surface area (Å²) in [5.41, 5.74) is 2.93. The Morgan fingerprint density at radius 1 is 0.960 bits per heavy atom. The van der Waals surface area contributed by atoms with E-state index in [1.54, 1.807) is 7.11 Å². The highest BCUT2D eigenvalue weighted by Crippen LogP contribution is 2.35. The van der Waals surface area contributed by atoms with Gasteiger partial charge in [-0.2, -0.15) is 12.7 Å². The van der Waals surface area contributed by atoms with Crippen molar-refractivity contribution in [1.82, 2.24) is 18.8 Å². The van der Waals surface area contributed by atoms with Crippen LogP contribution in [0, 0.1) is 12.7 Å². The van der Waals surface area contributed by atoms with Crippen molar-refractivity contribution in [2.75, 3.05) is 82.9 Å². The zero-order valence-corrected chi connectivity index (χ0v) is 29.5. The van der Waals surface area contributed by atoms with E-state index in [0.29, 0.717) is 68.9 Å². The lowest BCUT2D eigenvalue weighted by Gasteiger charge is -2.41. The maximum Gasteiger partial charge on any atom is 0.341 e. The Kier molecular flexibility index (Phi) is 9.35. The molecule has 2 amide bonds. The first-order valence-electron chi connectivity index (χ1n) is 17.2. The average molecular weight is 711 g/mol. The number of piperazine rings is 1. The van der Waals surface area contributed by atoms with Crippen molar-refractivity contribution in [3.63, 3.8) is 0 Å². The Morgan fingerprint density at radius 3 is 2.42 bits per heavy atom. The molecule has 3 aromatic rings. The van der Waals surface area contributed by atoms with Crippen molar-refractivity contribution >= 4 is 44.4 Å². The molecule has 0 aliphatic carbocycles. The van der Waals surface area contributed by atoms with Gasteiger partial charge < -0.3 is 23.9 Å². The second-order valence-corrected chi connectivity index (χ2v) is 15.3. The quantitative estimate of drug-likeness (QED) is 0.348. The Hall–Kier alpha value is -4.05. The van der Waals surface area contributed by atoms with Gasteiger partial charge in [0.25, 0.3) is 11.8 Å². The molecule has 0 bridgehead atoms. The molecule has 1 atom stereocenters. The zero-order valence-electron chi connectivity index (χ0n) is 28.7. The third kappa shape index (κ3) is 6.24. The summed E-state index contributed by atoms with van der Waals surface area (Å²) in [6.45, 7) is 7.02. The summed E-state index contributed by atoms with van der Waals surface area (Å²) in [5, 5.41) is 0.820. The van der Waals surface area contributed by atoms with E-state index in [1.165, 1.54) is 15.3 Å². The third-order valence-electron chi connectivity index (χ3n) is 10.6. The smallest absolute Gasteiger partial charge is 0.341 e. The molecule has 2 aromatic carbocycles. The van der Waals surface area contributed by atoms with Crippen LogP contribution < -0.4 is 20.1 Å². The summed E-state index contributed by atoms with van der Waals surface area (Å²) in [7, 11) is -0.301. The Morgan fingerprint density at radius 2 is 1.72 bits per heavy atom. The van der Waals surface area contributed by atoms with Crippen LogP contribution in [0.3, 0.4) is 0 Å². The SMILES string of the molecule is COC[C@H]1CN(c2ccc3c4c(c(=O)oc3c2C)CN(C(=O)c2cc(N3CCC3)c(C(=O)NS(=O)(=O)N3CCCC3)cc2F)CC4)CCN1C. The van der Waals surface area contributed by atoms with Gasteiger partial charge in [0.15, 0.2) is 0 Å². The van der Waals surface area contributed by atoms with Crippen LogP contribution in [0.25, 0.3) is 11.0 Å². The largest absolute Gasteiger partial charge is 0.422 e. The molecule has 3 saturated heterocycles. The van der Waals surface area contributed by atoms with Crippen molar-refractivity contribution in [3.05, 3.63) is 68.3 Å². The number of fused-ring (bicyclic) bond motifs is 3. The number of nitrogens with zero attached hydrogens (tertiary/aromatic N) is 5. The van der Waals surface area contributed by atoms with E-state index >= 15 is 4.39 Å². The predicted octanol–water partition coefficient (Wildman–Crippen LogP) is 2.49. The number of methoxy groups -OCH3 is 1. The third-order valence-corrected chi connectivity index (χ3v) is 12.1. The Bertz CT molecular complexity index is 2010. The van der Waals surface area contributed by atoms with Gasteiger partial charge >= 0.3 is 15.8 Å². The maximum absolute atomic E-state index is 15.7. The van der Waals surface area contributed by atoms with Crippen LogP contribution in [0.2, 0.25) is 0 Å². The summed E-state index contributed by atoms with van der Waals surface area (Å²) >= 11 is 0. The minimum absolute atomic E-state index is 0.0563. The van der Waals surface area contributed by atoms with E-state index in [-0.39, 0.29) is 30.3 Å². The number of ether oxygens (including phenoxy) is 1. The number of anilines is 2. The number of carbonyl (C=O) groups is 2. The monoisotopic (exact) mass is 710 g/mol. The normalized spacial score (nSPS) is 20.2. The van der Waals surface area contributed by atoms with Crippen molar-refractivity contribution in [1.29, 1.82) is 0 Å². The number of nitrogens with one attached hydrogen (secondary N) is 1. The molecule has 4 aliphatic heterocycles. The predicted molar refractivity (Wildman–Crippen MR) is 187 cm³/mol. The van der Waals surface area contributed by atoms with Gasteiger partial charge in [-0.25, -0.2) is 13.9 Å². The highest BCUT2D eigenvalue weighted by atomic mass is 32.2. The molecule has 0 unspecified atom stereocenters. The van der Waals surface area contributed by atoms with Gasteiger partial charge in [-0.1, -0.05) is 0 Å². The lowest BCUT2D eigenvalue weighted by Crippen LogP contribution is -2.53. The van der Waals surface area contributed by atoms with E-state index in [9.17, 15) is 22.8 Å². The van der Waals surface area contributed by atoms with Crippen molar-refractivity contribution in [2.24, 2.45) is 0 Å². The lowest BCUT2D eigenvalue weighted by atomic mass is 9.94. The highest BCUT2D eigenvalue weighted by molar-refractivity contribution is 7.87. The topological polar surface area (TPSA) is 136 Å². The minimum Gasteiger partial charge on any atom is -0.422 e. The first kappa shape index (κ1) is 34.4. The molecule has 13 nitrogen and oxygen atoms in total. The van der Waals surface area contributed by atoms with Gasteiger partial charge in [0.1, 0.15) is 11.4 Å². The van der Waals surface area contributed by atoms with Crippen LogP contribution in [0.4, 0.5) is 15.8 Å². The minimum atomic E-state index is -4.09. The first-order valence-corrected chi connectivity index (χ1v) is 18.6. The molecule has 7 rings (SSSR count). The maximum atomic E-state index is 15.7. The van der Waals surface area contributed by atoms with E-state index in [1.807, 2.05) is 17.9 Å². The summed E-state index contributed by atoms with van der Waals surface area (Å²) < 4.78 is 56.0. The van der Waals surface area contributed by atoms with E-state index in [0.717, 1.165) is 54.3 Å². The van der Waals surface area contributed by atoms with Crippen molar-refractivity contribution in [2.45, 2.75) is 45.2 Å². The summed E-state index contributed by atoms with van der Waals surface area (Å²) in [6.07, 6.45) is 2.62. The zero-order chi connectivity index (χ0) is 35.3. The van der Waals surface area contributed by atoms with E-state index in [4.69, 9.17) is 9.15 Å². The van der Waals surface area contributed by atoms with Gasteiger partial charge in [0.05, 0.1) is 41.6 Å². The second kappa shape index (κ2) is 13.6. The standard InChI is InChI=1S/C35H43FN6O7S/c1-22-30(40-16-15-38(2)23(19-40)21-48-3)8-7-25-24-9-14-41(20-28(24)35(45)49-32(22)25)34(44)26-18-31(39-10-6-11-39)27(17-29(26)36)33(43)37-50(46,47)42-12-4-5-13-42/h7-8,17-18,23H,4-6,9-16,19-21H2,1-3H3,(H,37,43)/t23-/m1/s1. The molecule has 4 aliphatic rings. The molecule has 1 aromatic heterocycles. The second-order valence-electron chi connectivity index (χ2n) is 13.7. The van der Waals surface area contributed by atoms with Crippen LogP contribution in [0.1, 0.15) is 56.7 Å². The molecule has 3 fully saturated rings. The van der Waals surface area contributed by atoms with Crippen LogP contribution in [-0.2, 0) is 27.9 Å². The molecule has 0 radical (unpaired) electrons. The lowest BCUT2D eigenvalue weighted by molar-refractivity contribution is 0.0727. The number of halogens is 1. The number of rotatable bonds is 8. The first-order chi connectivity index (χ1) is 24.0. The fourth-order valence-corrected chi connectivity index (χ4v) is 8.78. The Balaban J connectivity index is 1.14. The van der Waals surface area contributed by atoms with Gasteiger partial charge in [0.2, 0.25) is 0 Å². The molecule has 5 heterocycles. The number of likely N-dealkylation sites (N-methyl/N-ethyl adjacent to an activating group) is 1. The number of hydrogen-bond donors (Lipinski definition) is 1. The van der Waals surface area contributed by atoms with Gasteiger partial charge in [-0.05, 0) is 69.5 Å². The molecule has 0 saturated carbocycles. The number of aryl methyl sites for hydroxylation is 1. The van der Waals surface area contributed by atoms with Gasteiger partial charge in [-0.3, -0.25) is 14.5 Å². The number of carbonyl (C=O) groups excluding carboxylic acids is 2. The molecular formula is C35H43FN6O7S. The summed E-state index contributed by atoms with van der Waals surface area (Å²) in [6, 6.07) is 6.54. The fraction of sp³-hybridized carbons (Fsp3) is 0.514. The van der Waals surface area contributed by atoms with Crippen LogP contribution >= 0.6 is 0 Å². The molecule has 268 valence electrons. The molecule has 50 heavy (non-hydrogen) atoms. The van der Waals surface area contributed by atoms with E-state index < -0.39 is 33.5 Å². The summed E-state index contributed by atoms with van der Waals surface area (Å²) in [4.78, 5) is 48.4. The summed E-state index contributed by atoms with van der Waals surface area (Å²) in [5.74, 6) is -2.52. The van der Waals surface area contributed by atoms with Gasteiger partial charge in [0, 0.05) is 76.1 Å². The molecule has 1 N–H and O–H groups in total. The van der Waals surface area contributed by atoms with Crippen molar-refractivity contribution in [3.8, 4) is 0 Å². The molecule has 15 heteroatoms.